The lowest BCUT2D eigenvalue weighted by Crippen LogP contribution is -1.93. The maximum absolute atomic E-state index is 5.33. The van der Waals surface area contributed by atoms with E-state index in [1.165, 1.54) is 0 Å². The van der Waals surface area contributed by atoms with Crippen LogP contribution in [-0.2, 0) is 4.74 Å². The fourth-order valence-electron chi connectivity index (χ4n) is 0.654. The van der Waals surface area contributed by atoms with Crippen molar-refractivity contribution in [3.05, 3.63) is 36.6 Å². The summed E-state index contributed by atoms with van der Waals surface area (Å²) >= 11 is 0. The van der Waals surface area contributed by atoms with E-state index in [0.29, 0.717) is 13.0 Å². The molecule has 0 saturated heterocycles. The Kier molecular flexibility index (Phi) is 12.5. The first-order chi connectivity index (χ1) is 6.76. The van der Waals surface area contributed by atoms with Crippen LogP contribution in [0.3, 0.4) is 0 Å². The van der Waals surface area contributed by atoms with Gasteiger partial charge in [-0.2, -0.15) is 0 Å². The van der Waals surface area contributed by atoms with Crippen molar-refractivity contribution < 1.29 is 4.74 Å². The minimum atomic E-state index is 0.531. The van der Waals surface area contributed by atoms with E-state index in [-0.39, 0.29) is 0 Å². The second-order valence-corrected chi connectivity index (χ2v) is 2.26. The van der Waals surface area contributed by atoms with Crippen molar-refractivity contribution in [3.63, 3.8) is 0 Å². The number of hydrogen-bond donors (Lipinski definition) is 0. The van der Waals surface area contributed by atoms with Gasteiger partial charge in [-0.05, 0) is 18.6 Å². The van der Waals surface area contributed by atoms with Crippen molar-refractivity contribution in [2.45, 2.75) is 27.2 Å². The van der Waals surface area contributed by atoms with Crippen LogP contribution in [0.5, 0.6) is 0 Å². The van der Waals surface area contributed by atoms with Crippen molar-refractivity contribution in [1.82, 2.24) is 0 Å². The Morgan fingerprint density at radius 1 is 1.36 bits per heavy atom. The molecule has 0 radical (unpaired) electrons. The monoisotopic (exact) mass is 192 g/mol. The Labute approximate surface area is 88.2 Å². The molecule has 0 N–H and O–H groups in total. The Bertz CT molecular complexity index is 228. The molecule has 0 heterocycles. The van der Waals surface area contributed by atoms with Crippen molar-refractivity contribution in [2.24, 2.45) is 0 Å². The molecule has 0 atom stereocenters. The van der Waals surface area contributed by atoms with Gasteiger partial charge in [0.15, 0.2) is 0 Å². The molecule has 0 amide bonds. The van der Waals surface area contributed by atoms with E-state index in [2.05, 4.69) is 19.1 Å². The van der Waals surface area contributed by atoms with Crippen LogP contribution in [0.25, 0.3) is 0 Å². The first-order valence-corrected chi connectivity index (χ1v) is 4.78. The summed E-state index contributed by atoms with van der Waals surface area (Å²) in [6, 6.07) is 0. The summed E-state index contributed by atoms with van der Waals surface area (Å²) in [4.78, 5) is 0. The molecule has 14 heavy (non-hydrogen) atoms. The Morgan fingerprint density at radius 3 is 2.29 bits per heavy atom. The number of ether oxygens (including phenoxy) is 1. The first kappa shape index (κ1) is 15.1. The lowest BCUT2D eigenvalue weighted by molar-refractivity contribution is 0.230. The normalized spacial score (nSPS) is 9.86. The fraction of sp³-hybridized carbons (Fsp3) is 0.385. The van der Waals surface area contributed by atoms with E-state index in [4.69, 9.17) is 11.2 Å². The summed E-state index contributed by atoms with van der Waals surface area (Å²) in [7, 11) is 0. The summed E-state index contributed by atoms with van der Waals surface area (Å²) in [5.41, 5.74) is 0.974. The average Bonchev–Trinajstić information content (AvgIpc) is 2.26. The maximum atomic E-state index is 5.33. The molecule has 0 rings (SSSR count). The molecule has 0 aliphatic heterocycles. The lowest BCUT2D eigenvalue weighted by atomic mass is 10.2. The highest BCUT2D eigenvalue weighted by Crippen LogP contribution is 2.07. The Hall–Kier alpha value is -1.42. The van der Waals surface area contributed by atoms with Crippen molar-refractivity contribution >= 4 is 0 Å². The molecule has 0 spiro atoms. The quantitative estimate of drug-likeness (QED) is 0.279. The third-order valence-corrected chi connectivity index (χ3v) is 1.38. The minimum Gasteiger partial charge on any atom is -0.492 e. The summed E-state index contributed by atoms with van der Waals surface area (Å²) in [5.74, 6) is 3.25. The average molecular weight is 192 g/mol. The predicted octanol–water partition coefficient (Wildman–Crippen LogP) is 3.70. The molecule has 0 aliphatic carbocycles. The van der Waals surface area contributed by atoms with E-state index in [1.54, 1.807) is 12.2 Å². The zero-order valence-electron chi connectivity index (χ0n) is 9.47. The fourth-order valence-corrected chi connectivity index (χ4v) is 0.654. The van der Waals surface area contributed by atoms with Gasteiger partial charge in [-0.1, -0.05) is 33.1 Å². The van der Waals surface area contributed by atoms with E-state index in [9.17, 15) is 0 Å². The smallest absolute Gasteiger partial charge is 0.121 e. The molecule has 0 fully saturated rings. The van der Waals surface area contributed by atoms with Gasteiger partial charge in [0.1, 0.15) is 5.76 Å². The van der Waals surface area contributed by atoms with Gasteiger partial charge >= 0.3 is 0 Å². The second-order valence-electron chi connectivity index (χ2n) is 2.26. The summed E-state index contributed by atoms with van der Waals surface area (Å²) < 4.78 is 5.33. The number of allylic oxidation sites excluding steroid dienone is 3. The summed E-state index contributed by atoms with van der Waals surface area (Å²) in [6.07, 6.45) is 9.07. The third-order valence-electron chi connectivity index (χ3n) is 1.38. The van der Waals surface area contributed by atoms with Crippen molar-refractivity contribution in [1.29, 1.82) is 0 Å². The zero-order chi connectivity index (χ0) is 11.4. The molecule has 0 unspecified atom stereocenters. The van der Waals surface area contributed by atoms with Crippen LogP contribution in [-0.4, -0.2) is 6.61 Å². The largest absolute Gasteiger partial charge is 0.492 e. The standard InChI is InChI=1S/C11H14O.C2H6/c1-5-8-9-12-11(7-3)10(4)6-2;1-2/h1,6-7H,2-3,8-9H2,4H3;1-2H3/b11-10+;. The van der Waals surface area contributed by atoms with Crippen molar-refractivity contribution in [2.75, 3.05) is 6.61 Å². The summed E-state index contributed by atoms with van der Waals surface area (Å²) in [6.45, 7) is 13.7. The highest BCUT2D eigenvalue weighted by Gasteiger charge is 1.94. The van der Waals surface area contributed by atoms with Crippen LogP contribution in [0, 0.1) is 12.3 Å². The molecule has 0 aromatic heterocycles. The molecule has 1 heteroatoms. The number of hydrogen-bond acceptors (Lipinski definition) is 1. The Morgan fingerprint density at radius 2 is 1.93 bits per heavy atom. The van der Waals surface area contributed by atoms with Gasteiger partial charge in [0, 0.05) is 6.42 Å². The SMILES string of the molecule is C#CCCO/C(C=C)=C(\C)C=C.CC. The number of rotatable bonds is 5. The molecule has 0 aliphatic rings. The van der Waals surface area contributed by atoms with Gasteiger partial charge in [0.25, 0.3) is 0 Å². The third kappa shape index (κ3) is 7.24. The highest BCUT2D eigenvalue weighted by atomic mass is 16.5. The van der Waals surface area contributed by atoms with Crippen molar-refractivity contribution in [3.8, 4) is 12.3 Å². The van der Waals surface area contributed by atoms with E-state index in [1.807, 2.05) is 20.8 Å². The molecule has 0 saturated carbocycles. The van der Waals surface area contributed by atoms with E-state index in [0.717, 1.165) is 11.3 Å². The maximum Gasteiger partial charge on any atom is 0.121 e. The van der Waals surface area contributed by atoms with Gasteiger partial charge in [-0.15, -0.1) is 12.3 Å². The molecule has 0 aromatic carbocycles. The van der Waals surface area contributed by atoms with Gasteiger partial charge in [0.05, 0.1) is 6.61 Å². The molecular formula is C13H20O. The van der Waals surface area contributed by atoms with Crippen LogP contribution in [0.1, 0.15) is 27.2 Å². The van der Waals surface area contributed by atoms with E-state index >= 15 is 0 Å². The predicted molar refractivity (Wildman–Crippen MR) is 63.8 cm³/mol. The Balaban J connectivity index is 0. The van der Waals surface area contributed by atoms with Crippen LogP contribution >= 0.6 is 0 Å². The van der Waals surface area contributed by atoms with E-state index < -0.39 is 0 Å². The first-order valence-electron chi connectivity index (χ1n) is 4.78. The van der Waals surface area contributed by atoms with Gasteiger partial charge in [-0.25, -0.2) is 0 Å². The van der Waals surface area contributed by atoms with Crippen LogP contribution in [0.4, 0.5) is 0 Å². The van der Waals surface area contributed by atoms with Gasteiger partial charge in [-0.3, -0.25) is 0 Å². The molecule has 0 aromatic rings. The topological polar surface area (TPSA) is 9.23 Å². The highest BCUT2D eigenvalue weighted by molar-refractivity contribution is 5.24. The minimum absolute atomic E-state index is 0.531. The molecule has 0 bridgehead atoms. The molecule has 78 valence electrons. The molecular weight excluding hydrogens is 172 g/mol. The second kappa shape index (κ2) is 11.6. The summed E-state index contributed by atoms with van der Waals surface area (Å²) in [5, 5.41) is 0. The van der Waals surface area contributed by atoms with Gasteiger partial charge in [0.2, 0.25) is 0 Å². The number of terminal acetylenes is 1. The lowest BCUT2D eigenvalue weighted by Gasteiger charge is -2.06. The van der Waals surface area contributed by atoms with Gasteiger partial charge < -0.3 is 4.74 Å². The van der Waals surface area contributed by atoms with Crippen LogP contribution in [0.2, 0.25) is 0 Å². The van der Waals surface area contributed by atoms with Crippen LogP contribution in [0.15, 0.2) is 36.6 Å². The zero-order valence-corrected chi connectivity index (χ0v) is 9.47. The molecule has 1 nitrogen and oxygen atoms in total. The van der Waals surface area contributed by atoms with Crippen LogP contribution < -0.4 is 0 Å².